The second-order valence-corrected chi connectivity index (χ2v) is 6.94. The lowest BCUT2D eigenvalue weighted by Gasteiger charge is -2.19. The number of hydrogen-bond acceptors (Lipinski definition) is 6. The summed E-state index contributed by atoms with van der Waals surface area (Å²) >= 11 is 0. The maximum absolute atomic E-state index is 12.8. The Bertz CT molecular complexity index is 912. The maximum Gasteiger partial charge on any atom is 0.387 e. The summed E-state index contributed by atoms with van der Waals surface area (Å²) < 4.78 is 41.0. The lowest BCUT2D eigenvalue weighted by molar-refractivity contribution is -0.0505. The van der Waals surface area contributed by atoms with Gasteiger partial charge in [0.2, 0.25) is 6.79 Å². The van der Waals surface area contributed by atoms with Crippen LogP contribution < -0.4 is 29.7 Å². The Morgan fingerprint density at radius 2 is 1.88 bits per heavy atom. The van der Waals surface area contributed by atoms with Gasteiger partial charge in [-0.25, -0.2) is 9.98 Å². The van der Waals surface area contributed by atoms with Crippen molar-refractivity contribution < 1.29 is 23.0 Å². The zero-order chi connectivity index (χ0) is 22.9. The number of ether oxygens (including phenoxy) is 3. The summed E-state index contributed by atoms with van der Waals surface area (Å²) in [6.07, 6.45) is 1.81. The van der Waals surface area contributed by atoms with Crippen molar-refractivity contribution in [2.45, 2.75) is 40.5 Å². The summed E-state index contributed by atoms with van der Waals surface area (Å²) in [5.41, 5.74) is 1.47. The number of hydrogen-bond donors (Lipinski definition) is 2. The number of fused-ring (bicyclic) bond motifs is 1. The van der Waals surface area contributed by atoms with Crippen molar-refractivity contribution in [3.8, 4) is 17.2 Å². The Labute approximate surface area is 209 Å². The van der Waals surface area contributed by atoms with E-state index >= 15 is 0 Å². The Balaban J connectivity index is 0.00000385. The minimum absolute atomic E-state index is 0. The van der Waals surface area contributed by atoms with Crippen LogP contribution in [0.5, 0.6) is 17.2 Å². The first-order chi connectivity index (χ1) is 15.5. The third-order valence-corrected chi connectivity index (χ3v) is 4.88. The van der Waals surface area contributed by atoms with Crippen molar-refractivity contribution in [2.75, 3.05) is 31.3 Å². The average Bonchev–Trinajstić information content (AvgIpc) is 3.24. The largest absolute Gasteiger partial charge is 0.454 e. The predicted octanol–water partition coefficient (Wildman–Crippen LogP) is 4.13. The molecule has 0 spiro atoms. The lowest BCUT2D eigenvalue weighted by atomic mass is 10.1. The smallest absolute Gasteiger partial charge is 0.387 e. The number of guanidine groups is 1. The van der Waals surface area contributed by atoms with E-state index in [9.17, 15) is 8.78 Å². The number of halogens is 3. The van der Waals surface area contributed by atoms with E-state index in [1.165, 1.54) is 6.07 Å². The minimum atomic E-state index is -2.94. The molecular weight excluding hydrogens is 547 g/mol. The molecule has 0 atom stereocenters. The molecule has 1 aromatic carbocycles. The first kappa shape index (κ1) is 26.7. The zero-order valence-electron chi connectivity index (χ0n) is 18.9. The number of aliphatic imine (C=N–C) groups is 1. The highest BCUT2D eigenvalue weighted by Gasteiger charge is 2.20. The number of benzene rings is 1. The Kier molecular flexibility index (Phi) is 10.7. The van der Waals surface area contributed by atoms with Crippen molar-refractivity contribution >= 4 is 35.8 Å². The summed E-state index contributed by atoms with van der Waals surface area (Å²) in [6.45, 7) is 6.31. The van der Waals surface area contributed by atoms with E-state index in [4.69, 9.17) is 9.47 Å². The Morgan fingerprint density at radius 1 is 1.15 bits per heavy atom. The van der Waals surface area contributed by atoms with Crippen molar-refractivity contribution in [1.82, 2.24) is 15.6 Å². The molecule has 2 N–H and O–H groups in total. The molecule has 2 heterocycles. The molecular formula is C22H30F2IN5O3. The van der Waals surface area contributed by atoms with E-state index < -0.39 is 6.61 Å². The molecule has 1 aliphatic rings. The van der Waals surface area contributed by atoms with Gasteiger partial charge in [0.25, 0.3) is 0 Å². The van der Waals surface area contributed by atoms with Crippen LogP contribution in [0, 0.1) is 0 Å². The molecule has 1 aromatic heterocycles. The van der Waals surface area contributed by atoms with Crippen LogP contribution in [0.2, 0.25) is 0 Å². The fourth-order valence-corrected chi connectivity index (χ4v) is 3.25. The van der Waals surface area contributed by atoms with Crippen LogP contribution in [0.4, 0.5) is 14.6 Å². The normalized spacial score (nSPS) is 12.4. The van der Waals surface area contributed by atoms with Gasteiger partial charge in [0.1, 0.15) is 11.6 Å². The Hall–Kier alpha value is -2.57. The molecule has 11 heteroatoms. The number of alkyl halides is 2. The van der Waals surface area contributed by atoms with Crippen molar-refractivity contribution in [3.63, 3.8) is 0 Å². The number of aromatic nitrogens is 1. The highest BCUT2D eigenvalue weighted by molar-refractivity contribution is 14.0. The van der Waals surface area contributed by atoms with E-state index in [0.29, 0.717) is 36.1 Å². The van der Waals surface area contributed by atoms with Crippen LogP contribution in [-0.2, 0) is 13.1 Å². The molecule has 0 bridgehead atoms. The number of nitrogens with one attached hydrogen (secondary N) is 2. The molecule has 0 saturated heterocycles. The summed E-state index contributed by atoms with van der Waals surface area (Å²) in [5.74, 6) is 2.38. The molecule has 0 fully saturated rings. The molecule has 0 aliphatic carbocycles. The SMILES string of the molecule is CCNC(=NCc1ccc(N(CC)CC)nc1)NCc1cc2c(cc1OC(F)F)OCO2.I. The van der Waals surface area contributed by atoms with Gasteiger partial charge in [0, 0.05) is 44.0 Å². The molecule has 3 rings (SSSR count). The van der Waals surface area contributed by atoms with Gasteiger partial charge in [0.05, 0.1) is 6.54 Å². The van der Waals surface area contributed by atoms with Crippen LogP contribution in [0.15, 0.2) is 35.5 Å². The van der Waals surface area contributed by atoms with Gasteiger partial charge in [-0.1, -0.05) is 6.07 Å². The highest BCUT2D eigenvalue weighted by Crippen LogP contribution is 2.38. The molecule has 8 nitrogen and oxygen atoms in total. The van der Waals surface area contributed by atoms with Gasteiger partial charge in [-0.15, -0.1) is 24.0 Å². The average molecular weight is 577 g/mol. The quantitative estimate of drug-likeness (QED) is 0.250. The molecule has 2 aromatic rings. The fraction of sp³-hybridized carbons (Fsp3) is 0.455. The van der Waals surface area contributed by atoms with Crippen molar-refractivity contribution in [2.24, 2.45) is 4.99 Å². The van der Waals surface area contributed by atoms with E-state index in [2.05, 4.69) is 44.1 Å². The predicted molar refractivity (Wildman–Crippen MR) is 134 cm³/mol. The molecule has 1 aliphatic heterocycles. The van der Waals surface area contributed by atoms with Crippen LogP contribution in [-0.4, -0.2) is 44.0 Å². The number of pyridine rings is 1. The minimum Gasteiger partial charge on any atom is -0.454 e. The second-order valence-electron chi connectivity index (χ2n) is 6.94. The highest BCUT2D eigenvalue weighted by atomic mass is 127. The fourth-order valence-electron chi connectivity index (χ4n) is 3.25. The van der Waals surface area contributed by atoms with E-state index in [0.717, 1.165) is 24.5 Å². The summed E-state index contributed by atoms with van der Waals surface area (Å²) in [5, 5.41) is 6.30. The van der Waals surface area contributed by atoms with Gasteiger partial charge in [-0.3, -0.25) is 0 Å². The summed E-state index contributed by atoms with van der Waals surface area (Å²) in [4.78, 5) is 11.3. The topological polar surface area (TPSA) is 80.2 Å². The van der Waals surface area contributed by atoms with Gasteiger partial charge in [0.15, 0.2) is 17.5 Å². The van der Waals surface area contributed by atoms with E-state index in [1.807, 2.05) is 25.3 Å². The zero-order valence-corrected chi connectivity index (χ0v) is 21.3. The third kappa shape index (κ3) is 7.47. The van der Waals surface area contributed by atoms with Crippen LogP contribution in [0.25, 0.3) is 0 Å². The standard InChI is InChI=1S/C22H29F2N5O3.HI/c1-4-25-22(27-12-15-7-8-20(26-11-15)29(5-2)6-3)28-13-16-9-18-19(31-14-30-18)10-17(16)32-21(23)24;/h7-11,21H,4-6,12-14H2,1-3H3,(H2,25,27,28);1H. The van der Waals surface area contributed by atoms with Gasteiger partial charge >= 0.3 is 6.61 Å². The second kappa shape index (κ2) is 13.2. The van der Waals surface area contributed by atoms with E-state index in [1.54, 1.807) is 6.07 Å². The van der Waals surface area contributed by atoms with Crippen LogP contribution in [0.3, 0.4) is 0 Å². The number of anilines is 1. The van der Waals surface area contributed by atoms with Gasteiger partial charge in [-0.2, -0.15) is 8.78 Å². The number of nitrogens with zero attached hydrogens (tertiary/aromatic N) is 3. The maximum atomic E-state index is 12.8. The summed E-state index contributed by atoms with van der Waals surface area (Å²) in [6, 6.07) is 7.03. The lowest BCUT2D eigenvalue weighted by Crippen LogP contribution is -2.36. The monoisotopic (exact) mass is 577 g/mol. The van der Waals surface area contributed by atoms with Gasteiger partial charge in [-0.05, 0) is 38.5 Å². The van der Waals surface area contributed by atoms with E-state index in [-0.39, 0.29) is 43.1 Å². The van der Waals surface area contributed by atoms with Crippen molar-refractivity contribution in [3.05, 3.63) is 41.6 Å². The first-order valence-corrected chi connectivity index (χ1v) is 10.6. The van der Waals surface area contributed by atoms with Crippen LogP contribution in [0.1, 0.15) is 31.9 Å². The van der Waals surface area contributed by atoms with Crippen LogP contribution >= 0.6 is 24.0 Å². The number of rotatable bonds is 10. The molecule has 0 unspecified atom stereocenters. The van der Waals surface area contributed by atoms with Crippen molar-refractivity contribution in [1.29, 1.82) is 0 Å². The summed E-state index contributed by atoms with van der Waals surface area (Å²) in [7, 11) is 0. The molecule has 0 amide bonds. The first-order valence-electron chi connectivity index (χ1n) is 10.6. The molecule has 0 saturated carbocycles. The Morgan fingerprint density at radius 3 is 2.48 bits per heavy atom. The third-order valence-electron chi connectivity index (χ3n) is 4.88. The molecule has 0 radical (unpaired) electrons. The molecule has 182 valence electrons. The molecule has 33 heavy (non-hydrogen) atoms. The van der Waals surface area contributed by atoms with Gasteiger partial charge < -0.3 is 29.7 Å².